The molecule has 1 aliphatic carbocycles. The highest BCUT2D eigenvalue weighted by Gasteiger charge is 2.36. The van der Waals surface area contributed by atoms with E-state index in [-0.39, 0.29) is 5.41 Å². The second kappa shape index (κ2) is 5.74. The molecule has 2 aromatic heterocycles. The summed E-state index contributed by atoms with van der Waals surface area (Å²) in [4.78, 5) is 9.93. The highest BCUT2D eigenvalue weighted by atomic mass is 14.8. The zero-order chi connectivity index (χ0) is 19.6. The van der Waals surface area contributed by atoms with Gasteiger partial charge in [-0.15, -0.1) is 0 Å². The third-order valence-corrected chi connectivity index (χ3v) is 6.21. The summed E-state index contributed by atoms with van der Waals surface area (Å²) in [5.41, 5.74) is 7.90. The van der Waals surface area contributed by atoms with Gasteiger partial charge >= 0.3 is 0 Å². The number of rotatable bonds is 1. The van der Waals surface area contributed by atoms with Crippen molar-refractivity contribution in [2.24, 2.45) is 0 Å². The first kappa shape index (κ1) is 16.4. The lowest BCUT2D eigenvalue weighted by Crippen LogP contribution is -2.25. The standard InChI is InChI=1S/C27H20N2/c1-27(2)22-16-20(17-8-4-3-5-9-17)14-19-12-13-28-25(24(19)22)21-15-18-10-6-7-11-23(18)29-26(21)27/h3-16H,1-2H3. The van der Waals surface area contributed by atoms with Gasteiger partial charge in [0.05, 0.1) is 16.9 Å². The molecule has 1 aliphatic rings. The number of aromatic nitrogens is 2. The lowest BCUT2D eigenvalue weighted by Gasteiger charge is -2.34. The van der Waals surface area contributed by atoms with E-state index >= 15 is 0 Å². The minimum Gasteiger partial charge on any atom is -0.256 e. The molecule has 0 N–H and O–H groups in total. The zero-order valence-electron chi connectivity index (χ0n) is 16.5. The number of hydrogen-bond donors (Lipinski definition) is 0. The lowest BCUT2D eigenvalue weighted by atomic mass is 9.71. The van der Waals surface area contributed by atoms with Gasteiger partial charge in [0, 0.05) is 27.9 Å². The molecule has 0 fully saturated rings. The van der Waals surface area contributed by atoms with Crippen LogP contribution >= 0.6 is 0 Å². The fourth-order valence-corrected chi connectivity index (χ4v) is 4.71. The minimum atomic E-state index is -0.210. The number of fused-ring (bicyclic) bond motifs is 3. The summed E-state index contributed by atoms with van der Waals surface area (Å²) < 4.78 is 0. The van der Waals surface area contributed by atoms with E-state index < -0.39 is 0 Å². The van der Waals surface area contributed by atoms with E-state index in [0.717, 1.165) is 27.9 Å². The summed E-state index contributed by atoms with van der Waals surface area (Å²) >= 11 is 0. The number of nitrogens with zero attached hydrogens (tertiary/aromatic N) is 2. The van der Waals surface area contributed by atoms with Gasteiger partial charge in [0.2, 0.25) is 0 Å². The van der Waals surface area contributed by atoms with Gasteiger partial charge in [-0.2, -0.15) is 0 Å². The Balaban J connectivity index is 1.74. The molecule has 2 heterocycles. The third-order valence-electron chi connectivity index (χ3n) is 6.21. The highest BCUT2D eigenvalue weighted by Crippen LogP contribution is 2.48. The van der Waals surface area contributed by atoms with Crippen LogP contribution in [-0.4, -0.2) is 9.97 Å². The van der Waals surface area contributed by atoms with Gasteiger partial charge in [0.1, 0.15) is 0 Å². The maximum Gasteiger partial charge on any atom is 0.0802 e. The van der Waals surface area contributed by atoms with Crippen LogP contribution in [0.5, 0.6) is 0 Å². The summed E-state index contributed by atoms with van der Waals surface area (Å²) in [6.07, 6.45) is 1.92. The van der Waals surface area contributed by atoms with Crippen molar-refractivity contribution < 1.29 is 0 Å². The molecule has 0 saturated carbocycles. The topological polar surface area (TPSA) is 25.8 Å². The first-order valence-electron chi connectivity index (χ1n) is 10.0. The Morgan fingerprint density at radius 1 is 0.724 bits per heavy atom. The van der Waals surface area contributed by atoms with Gasteiger partial charge in [-0.3, -0.25) is 9.97 Å². The zero-order valence-corrected chi connectivity index (χ0v) is 16.5. The van der Waals surface area contributed by atoms with Gasteiger partial charge in [-0.25, -0.2) is 0 Å². The molecule has 0 amide bonds. The molecule has 0 unspecified atom stereocenters. The van der Waals surface area contributed by atoms with Crippen molar-refractivity contribution in [3.8, 4) is 22.4 Å². The molecule has 0 saturated heterocycles. The van der Waals surface area contributed by atoms with Crippen LogP contribution in [-0.2, 0) is 5.41 Å². The summed E-state index contributed by atoms with van der Waals surface area (Å²) in [6, 6.07) is 27.9. The fraction of sp³-hybridized carbons (Fsp3) is 0.111. The van der Waals surface area contributed by atoms with Crippen molar-refractivity contribution >= 4 is 21.7 Å². The van der Waals surface area contributed by atoms with Gasteiger partial charge in [-0.05, 0) is 52.4 Å². The number of para-hydroxylation sites is 1. The Kier molecular flexibility index (Phi) is 3.25. The second-order valence-corrected chi connectivity index (χ2v) is 8.35. The average Bonchev–Trinajstić information content (AvgIpc) is 2.77. The van der Waals surface area contributed by atoms with E-state index in [4.69, 9.17) is 9.97 Å². The van der Waals surface area contributed by atoms with E-state index in [2.05, 4.69) is 92.7 Å². The van der Waals surface area contributed by atoms with Crippen molar-refractivity contribution in [2.75, 3.05) is 0 Å². The molecule has 0 atom stereocenters. The molecule has 5 aromatic rings. The van der Waals surface area contributed by atoms with Gasteiger partial charge < -0.3 is 0 Å². The lowest BCUT2D eigenvalue weighted by molar-refractivity contribution is 0.623. The van der Waals surface area contributed by atoms with E-state index in [1.807, 2.05) is 6.20 Å². The van der Waals surface area contributed by atoms with Crippen molar-refractivity contribution in [3.05, 3.63) is 96.3 Å². The quantitative estimate of drug-likeness (QED) is 0.325. The molecule has 2 nitrogen and oxygen atoms in total. The summed E-state index contributed by atoms with van der Waals surface area (Å²) in [5.74, 6) is 0. The van der Waals surface area contributed by atoms with Crippen molar-refractivity contribution in [2.45, 2.75) is 19.3 Å². The van der Waals surface area contributed by atoms with Gasteiger partial charge in [0.15, 0.2) is 0 Å². The summed E-state index contributed by atoms with van der Waals surface area (Å²) in [6.45, 7) is 4.57. The van der Waals surface area contributed by atoms with Crippen LogP contribution in [0.2, 0.25) is 0 Å². The predicted molar refractivity (Wildman–Crippen MR) is 120 cm³/mol. The van der Waals surface area contributed by atoms with Crippen molar-refractivity contribution in [1.29, 1.82) is 0 Å². The van der Waals surface area contributed by atoms with Crippen LogP contribution < -0.4 is 0 Å². The molecule has 0 radical (unpaired) electrons. The molecule has 3 aromatic carbocycles. The fourth-order valence-electron chi connectivity index (χ4n) is 4.71. The van der Waals surface area contributed by atoms with Gasteiger partial charge in [0.25, 0.3) is 0 Å². The first-order valence-corrected chi connectivity index (χ1v) is 10.0. The predicted octanol–water partition coefficient (Wildman–Crippen LogP) is 6.76. The molecular formula is C27H20N2. The van der Waals surface area contributed by atoms with Crippen LogP contribution in [0.3, 0.4) is 0 Å². The van der Waals surface area contributed by atoms with E-state index in [1.165, 1.54) is 27.5 Å². The molecule has 0 spiro atoms. The number of hydrogen-bond acceptors (Lipinski definition) is 2. The van der Waals surface area contributed by atoms with Crippen LogP contribution in [0.25, 0.3) is 44.1 Å². The Morgan fingerprint density at radius 3 is 2.38 bits per heavy atom. The van der Waals surface area contributed by atoms with E-state index in [0.29, 0.717) is 0 Å². The Morgan fingerprint density at radius 2 is 1.52 bits per heavy atom. The summed E-state index contributed by atoms with van der Waals surface area (Å²) in [5, 5.41) is 3.64. The second-order valence-electron chi connectivity index (χ2n) is 8.35. The van der Waals surface area contributed by atoms with Crippen LogP contribution in [0.1, 0.15) is 25.1 Å². The van der Waals surface area contributed by atoms with Gasteiger partial charge in [-0.1, -0.05) is 62.4 Å². The Bertz CT molecular complexity index is 1420. The van der Waals surface area contributed by atoms with E-state index in [9.17, 15) is 0 Å². The number of pyridine rings is 2. The normalized spacial score (nSPS) is 14.1. The Labute approximate surface area is 169 Å². The van der Waals surface area contributed by atoms with Crippen molar-refractivity contribution in [1.82, 2.24) is 9.97 Å². The summed E-state index contributed by atoms with van der Waals surface area (Å²) in [7, 11) is 0. The maximum absolute atomic E-state index is 5.12. The number of benzene rings is 3. The molecule has 0 aliphatic heterocycles. The van der Waals surface area contributed by atoms with Crippen molar-refractivity contribution in [3.63, 3.8) is 0 Å². The van der Waals surface area contributed by atoms with Crippen LogP contribution in [0.15, 0.2) is 85.1 Å². The molecular weight excluding hydrogens is 352 g/mol. The molecule has 2 heteroatoms. The maximum atomic E-state index is 5.12. The SMILES string of the molecule is CC1(C)c2nc3ccccc3cc2-c2nccc3cc(-c4ccccc4)cc1c23. The third kappa shape index (κ3) is 2.29. The average molecular weight is 372 g/mol. The van der Waals surface area contributed by atoms with Crippen LogP contribution in [0.4, 0.5) is 0 Å². The first-order chi connectivity index (χ1) is 14.1. The van der Waals surface area contributed by atoms with Crippen LogP contribution in [0, 0.1) is 0 Å². The molecule has 138 valence electrons. The molecule has 6 rings (SSSR count). The Hall–Kier alpha value is -3.52. The molecule has 29 heavy (non-hydrogen) atoms. The molecule has 0 bridgehead atoms. The van der Waals surface area contributed by atoms with E-state index in [1.54, 1.807) is 0 Å². The highest BCUT2D eigenvalue weighted by molar-refractivity contribution is 6.04. The smallest absolute Gasteiger partial charge is 0.0802 e. The largest absolute Gasteiger partial charge is 0.256 e. The monoisotopic (exact) mass is 372 g/mol. The minimum absolute atomic E-state index is 0.210.